The molecule has 0 spiro atoms. The van der Waals surface area contributed by atoms with Gasteiger partial charge in [-0.1, -0.05) is 12.1 Å². The van der Waals surface area contributed by atoms with Crippen LogP contribution < -0.4 is 16.7 Å². The SMILES string of the molecule is NCc1cccc(NC(=O)Cn2cccnc2=O)c1. The molecule has 1 aromatic heterocycles. The van der Waals surface area contributed by atoms with Crippen molar-refractivity contribution in [3.63, 3.8) is 0 Å². The number of aromatic nitrogens is 2. The third-order valence-corrected chi connectivity index (χ3v) is 2.54. The van der Waals surface area contributed by atoms with E-state index in [4.69, 9.17) is 5.73 Å². The molecule has 0 aliphatic carbocycles. The highest BCUT2D eigenvalue weighted by Crippen LogP contribution is 2.09. The van der Waals surface area contributed by atoms with E-state index in [1.54, 1.807) is 18.2 Å². The first-order chi connectivity index (χ1) is 9.19. The molecule has 98 valence electrons. The van der Waals surface area contributed by atoms with E-state index in [1.165, 1.54) is 17.0 Å². The van der Waals surface area contributed by atoms with Gasteiger partial charge in [0.05, 0.1) is 0 Å². The van der Waals surface area contributed by atoms with E-state index < -0.39 is 5.69 Å². The number of hydrogen-bond donors (Lipinski definition) is 2. The van der Waals surface area contributed by atoms with Crippen LogP contribution >= 0.6 is 0 Å². The summed E-state index contributed by atoms with van der Waals surface area (Å²) in [5.74, 6) is -0.288. The third-order valence-electron chi connectivity index (χ3n) is 2.54. The van der Waals surface area contributed by atoms with E-state index in [2.05, 4.69) is 10.3 Å². The zero-order chi connectivity index (χ0) is 13.7. The van der Waals surface area contributed by atoms with E-state index in [1.807, 2.05) is 12.1 Å². The van der Waals surface area contributed by atoms with Crippen molar-refractivity contribution in [3.8, 4) is 0 Å². The maximum atomic E-state index is 11.8. The van der Waals surface area contributed by atoms with Crippen LogP contribution in [0.4, 0.5) is 5.69 Å². The molecule has 3 N–H and O–H groups in total. The minimum atomic E-state index is -0.451. The molecular formula is C13H14N4O2. The average molecular weight is 258 g/mol. The molecule has 0 bridgehead atoms. The summed E-state index contributed by atoms with van der Waals surface area (Å²) in [7, 11) is 0. The molecule has 0 aliphatic rings. The smallest absolute Gasteiger partial charge is 0.326 e. The fourth-order valence-electron chi connectivity index (χ4n) is 1.64. The molecule has 19 heavy (non-hydrogen) atoms. The quantitative estimate of drug-likeness (QED) is 0.827. The molecule has 0 saturated carbocycles. The summed E-state index contributed by atoms with van der Waals surface area (Å²) in [6, 6.07) is 8.85. The lowest BCUT2D eigenvalue weighted by atomic mass is 10.2. The number of benzene rings is 1. The number of anilines is 1. The fourth-order valence-corrected chi connectivity index (χ4v) is 1.64. The summed E-state index contributed by atoms with van der Waals surface area (Å²) in [6.07, 6.45) is 2.91. The third kappa shape index (κ3) is 3.49. The van der Waals surface area contributed by atoms with E-state index in [0.717, 1.165) is 5.56 Å². The number of nitrogens with one attached hydrogen (secondary N) is 1. The lowest BCUT2D eigenvalue weighted by Crippen LogP contribution is -2.28. The minimum absolute atomic E-state index is 0.0699. The van der Waals surface area contributed by atoms with Gasteiger partial charge >= 0.3 is 5.69 Å². The second kappa shape index (κ2) is 5.92. The first-order valence-corrected chi connectivity index (χ1v) is 5.79. The maximum Gasteiger partial charge on any atom is 0.347 e. The van der Waals surface area contributed by atoms with Crippen molar-refractivity contribution >= 4 is 11.6 Å². The van der Waals surface area contributed by atoms with Crippen molar-refractivity contribution in [2.75, 3.05) is 5.32 Å². The van der Waals surface area contributed by atoms with Crippen molar-refractivity contribution < 1.29 is 4.79 Å². The first kappa shape index (κ1) is 13.0. The molecule has 0 aliphatic heterocycles. The van der Waals surface area contributed by atoms with Gasteiger partial charge < -0.3 is 11.1 Å². The predicted molar refractivity (Wildman–Crippen MR) is 71.5 cm³/mol. The summed E-state index contributed by atoms with van der Waals surface area (Å²) in [5.41, 5.74) is 6.66. The summed E-state index contributed by atoms with van der Waals surface area (Å²) in [4.78, 5) is 26.7. The van der Waals surface area contributed by atoms with Crippen molar-refractivity contribution in [3.05, 3.63) is 58.8 Å². The van der Waals surface area contributed by atoms with Crippen LogP contribution in [0.3, 0.4) is 0 Å². The Hall–Kier alpha value is -2.47. The molecule has 0 fully saturated rings. The molecule has 1 heterocycles. The molecule has 0 unspecified atom stereocenters. The van der Waals surface area contributed by atoms with Crippen LogP contribution in [-0.2, 0) is 17.9 Å². The van der Waals surface area contributed by atoms with E-state index in [-0.39, 0.29) is 12.5 Å². The molecule has 0 radical (unpaired) electrons. The summed E-state index contributed by atoms with van der Waals surface area (Å²) >= 11 is 0. The van der Waals surface area contributed by atoms with Gasteiger partial charge in [-0.15, -0.1) is 0 Å². The number of carbonyl (C=O) groups is 1. The van der Waals surface area contributed by atoms with Gasteiger partial charge in [0.25, 0.3) is 0 Å². The lowest BCUT2D eigenvalue weighted by molar-refractivity contribution is -0.116. The molecule has 1 amide bonds. The van der Waals surface area contributed by atoms with Gasteiger partial charge in [-0.3, -0.25) is 9.36 Å². The minimum Gasteiger partial charge on any atom is -0.326 e. The van der Waals surface area contributed by atoms with Gasteiger partial charge in [-0.2, -0.15) is 0 Å². The van der Waals surface area contributed by atoms with Crippen LogP contribution in [0.1, 0.15) is 5.56 Å². The molecule has 2 aromatic rings. The highest BCUT2D eigenvalue weighted by molar-refractivity contribution is 5.90. The van der Waals surface area contributed by atoms with E-state index in [0.29, 0.717) is 12.2 Å². The van der Waals surface area contributed by atoms with Crippen molar-refractivity contribution in [1.82, 2.24) is 9.55 Å². The van der Waals surface area contributed by atoms with E-state index >= 15 is 0 Å². The zero-order valence-corrected chi connectivity index (χ0v) is 10.2. The Labute approximate surface area is 109 Å². The maximum absolute atomic E-state index is 11.8. The average Bonchev–Trinajstić information content (AvgIpc) is 2.41. The van der Waals surface area contributed by atoms with Crippen LogP contribution in [0.15, 0.2) is 47.5 Å². The van der Waals surface area contributed by atoms with Gasteiger partial charge in [-0.25, -0.2) is 9.78 Å². The Kier molecular flexibility index (Phi) is 4.04. The Bertz CT molecular complexity index is 636. The lowest BCUT2D eigenvalue weighted by Gasteiger charge is -2.07. The summed E-state index contributed by atoms with van der Waals surface area (Å²) in [5, 5.41) is 2.71. The monoisotopic (exact) mass is 258 g/mol. The second-order valence-corrected chi connectivity index (χ2v) is 3.98. The van der Waals surface area contributed by atoms with Crippen LogP contribution in [0.2, 0.25) is 0 Å². The van der Waals surface area contributed by atoms with Gasteiger partial charge in [0, 0.05) is 24.6 Å². The molecule has 2 rings (SSSR count). The van der Waals surface area contributed by atoms with Gasteiger partial charge in [0.15, 0.2) is 0 Å². The Morgan fingerprint density at radius 1 is 1.37 bits per heavy atom. The van der Waals surface area contributed by atoms with Gasteiger partial charge in [-0.05, 0) is 23.8 Å². The summed E-state index contributed by atoms with van der Waals surface area (Å²) < 4.78 is 1.24. The largest absolute Gasteiger partial charge is 0.347 e. The second-order valence-electron chi connectivity index (χ2n) is 3.98. The number of hydrogen-bond acceptors (Lipinski definition) is 4. The zero-order valence-electron chi connectivity index (χ0n) is 10.2. The van der Waals surface area contributed by atoms with Crippen molar-refractivity contribution in [1.29, 1.82) is 0 Å². The van der Waals surface area contributed by atoms with Crippen LogP contribution in [0.25, 0.3) is 0 Å². The number of carbonyl (C=O) groups excluding carboxylic acids is 1. The Morgan fingerprint density at radius 2 is 2.21 bits per heavy atom. The van der Waals surface area contributed by atoms with Gasteiger partial charge in [0.1, 0.15) is 6.54 Å². The number of rotatable bonds is 4. The number of nitrogens with zero attached hydrogens (tertiary/aromatic N) is 2. The summed E-state index contributed by atoms with van der Waals surface area (Å²) in [6.45, 7) is 0.339. The predicted octanol–water partition coefficient (Wildman–Crippen LogP) is 0.341. The topological polar surface area (TPSA) is 90.0 Å². The highest BCUT2D eigenvalue weighted by Gasteiger charge is 2.05. The van der Waals surface area contributed by atoms with Crippen LogP contribution in [-0.4, -0.2) is 15.5 Å². The normalized spacial score (nSPS) is 10.2. The molecule has 6 nitrogen and oxygen atoms in total. The van der Waals surface area contributed by atoms with Crippen LogP contribution in [0.5, 0.6) is 0 Å². The fraction of sp³-hybridized carbons (Fsp3) is 0.154. The molecule has 6 heteroatoms. The Morgan fingerprint density at radius 3 is 2.95 bits per heavy atom. The highest BCUT2D eigenvalue weighted by atomic mass is 16.2. The molecule has 1 aromatic carbocycles. The van der Waals surface area contributed by atoms with Gasteiger partial charge in [0.2, 0.25) is 5.91 Å². The molecule has 0 atom stereocenters. The standard InChI is InChI=1S/C13H14N4O2/c14-8-10-3-1-4-11(7-10)16-12(18)9-17-6-2-5-15-13(17)19/h1-7H,8-9,14H2,(H,16,18). The van der Waals surface area contributed by atoms with Crippen molar-refractivity contribution in [2.45, 2.75) is 13.1 Å². The molecule has 0 saturated heterocycles. The number of nitrogens with two attached hydrogens (primary N) is 1. The van der Waals surface area contributed by atoms with Crippen LogP contribution in [0, 0.1) is 0 Å². The first-order valence-electron chi connectivity index (χ1n) is 5.79. The van der Waals surface area contributed by atoms with E-state index in [9.17, 15) is 9.59 Å². The molecular weight excluding hydrogens is 244 g/mol. The Balaban J connectivity index is 2.05. The van der Waals surface area contributed by atoms with Crippen molar-refractivity contribution in [2.24, 2.45) is 5.73 Å². The number of amides is 1.